The molecule has 0 N–H and O–H groups in total. The summed E-state index contributed by atoms with van der Waals surface area (Å²) in [6.07, 6.45) is 0. The van der Waals surface area contributed by atoms with E-state index in [1.807, 2.05) is 42.5 Å². The summed E-state index contributed by atoms with van der Waals surface area (Å²) in [7, 11) is 0. The van der Waals surface area contributed by atoms with Crippen LogP contribution in [0.3, 0.4) is 0 Å². The Morgan fingerprint density at radius 3 is 2.54 bits per heavy atom. The minimum Gasteiger partial charge on any atom is -0.460 e. The number of aromatic nitrogens is 2. The molecule has 28 heavy (non-hydrogen) atoms. The number of rotatable bonds is 4. The van der Waals surface area contributed by atoms with Crippen LogP contribution in [0.25, 0.3) is 10.9 Å². The summed E-state index contributed by atoms with van der Waals surface area (Å²) in [5.41, 5.74) is 1.86. The topological polar surface area (TPSA) is 58.6 Å². The summed E-state index contributed by atoms with van der Waals surface area (Å²) >= 11 is 6.13. The zero-order chi connectivity index (χ0) is 19.5. The molecule has 1 aliphatic rings. The van der Waals surface area contributed by atoms with E-state index in [4.69, 9.17) is 16.3 Å². The lowest BCUT2D eigenvalue weighted by Gasteiger charge is -2.37. The third kappa shape index (κ3) is 3.73. The normalized spacial score (nSPS) is 14.4. The molecule has 2 heterocycles. The van der Waals surface area contributed by atoms with E-state index in [0.29, 0.717) is 6.61 Å². The standard InChI is InChI=1S/C21H21ClN4O2/c1-2-28-21(27)19-23-18-9-4-3-8-17(18)20(24-19)26-12-10-25(11-13-26)16-7-5-6-15(22)14-16/h3-9,14H,2,10-13H2,1H3. The highest BCUT2D eigenvalue weighted by Crippen LogP contribution is 2.27. The van der Waals surface area contributed by atoms with Crippen molar-refractivity contribution in [2.45, 2.75) is 6.92 Å². The minimum absolute atomic E-state index is 0.104. The Morgan fingerprint density at radius 2 is 1.79 bits per heavy atom. The number of hydrogen-bond donors (Lipinski definition) is 0. The SMILES string of the molecule is CCOC(=O)c1nc(N2CCN(c3cccc(Cl)c3)CC2)c2ccccc2n1. The van der Waals surface area contributed by atoms with E-state index in [-0.39, 0.29) is 5.82 Å². The summed E-state index contributed by atoms with van der Waals surface area (Å²) in [5, 5.41) is 1.67. The van der Waals surface area contributed by atoms with Gasteiger partial charge in [-0.2, -0.15) is 0 Å². The van der Waals surface area contributed by atoms with E-state index in [0.717, 1.165) is 53.6 Å². The number of ether oxygens (including phenoxy) is 1. The molecule has 0 unspecified atom stereocenters. The van der Waals surface area contributed by atoms with Crippen molar-refractivity contribution in [1.29, 1.82) is 0 Å². The fourth-order valence-electron chi connectivity index (χ4n) is 3.44. The average Bonchev–Trinajstić information content (AvgIpc) is 2.73. The molecule has 0 bridgehead atoms. The molecule has 7 heteroatoms. The van der Waals surface area contributed by atoms with E-state index in [2.05, 4.69) is 25.8 Å². The largest absolute Gasteiger partial charge is 0.460 e. The third-order valence-electron chi connectivity index (χ3n) is 4.79. The van der Waals surface area contributed by atoms with Gasteiger partial charge in [0, 0.05) is 42.3 Å². The van der Waals surface area contributed by atoms with Crippen LogP contribution in [-0.2, 0) is 4.74 Å². The summed E-state index contributed by atoms with van der Waals surface area (Å²) < 4.78 is 5.10. The van der Waals surface area contributed by atoms with Crippen LogP contribution in [0.2, 0.25) is 5.02 Å². The van der Waals surface area contributed by atoms with Gasteiger partial charge in [0.2, 0.25) is 5.82 Å². The van der Waals surface area contributed by atoms with Gasteiger partial charge < -0.3 is 14.5 Å². The highest BCUT2D eigenvalue weighted by molar-refractivity contribution is 6.30. The van der Waals surface area contributed by atoms with E-state index >= 15 is 0 Å². The Labute approximate surface area is 168 Å². The average molecular weight is 397 g/mol. The van der Waals surface area contributed by atoms with E-state index in [9.17, 15) is 4.79 Å². The zero-order valence-corrected chi connectivity index (χ0v) is 16.4. The van der Waals surface area contributed by atoms with Crippen molar-refractivity contribution < 1.29 is 9.53 Å². The fraction of sp³-hybridized carbons (Fsp3) is 0.286. The number of anilines is 2. The molecule has 1 aromatic heterocycles. The smallest absolute Gasteiger partial charge is 0.376 e. The molecule has 1 saturated heterocycles. The molecule has 0 aliphatic carbocycles. The van der Waals surface area contributed by atoms with Crippen LogP contribution in [-0.4, -0.2) is 48.7 Å². The molecule has 0 amide bonds. The second kappa shape index (κ2) is 8.02. The van der Waals surface area contributed by atoms with Crippen molar-refractivity contribution in [3.8, 4) is 0 Å². The number of halogens is 1. The first-order valence-corrected chi connectivity index (χ1v) is 9.73. The lowest BCUT2D eigenvalue weighted by molar-refractivity contribution is 0.0512. The first kappa shape index (κ1) is 18.5. The van der Waals surface area contributed by atoms with Crippen molar-refractivity contribution in [1.82, 2.24) is 9.97 Å². The summed E-state index contributed by atoms with van der Waals surface area (Å²) in [5.74, 6) is 0.388. The molecule has 0 saturated carbocycles. The van der Waals surface area contributed by atoms with E-state index in [1.165, 1.54) is 0 Å². The van der Waals surface area contributed by atoms with Crippen LogP contribution in [0.4, 0.5) is 11.5 Å². The first-order chi connectivity index (χ1) is 13.7. The number of carbonyl (C=O) groups excluding carboxylic acids is 1. The molecular formula is C21H21ClN4O2. The lowest BCUT2D eigenvalue weighted by atomic mass is 10.2. The van der Waals surface area contributed by atoms with Gasteiger partial charge in [-0.15, -0.1) is 0 Å². The summed E-state index contributed by atoms with van der Waals surface area (Å²) in [6.45, 7) is 5.32. The van der Waals surface area contributed by atoms with Gasteiger partial charge in [-0.1, -0.05) is 29.8 Å². The van der Waals surface area contributed by atoms with Crippen molar-refractivity contribution in [2.75, 3.05) is 42.6 Å². The molecule has 3 aromatic rings. The Kier molecular flexibility index (Phi) is 5.30. The number of carbonyl (C=O) groups is 1. The zero-order valence-electron chi connectivity index (χ0n) is 15.6. The number of hydrogen-bond acceptors (Lipinski definition) is 6. The fourth-order valence-corrected chi connectivity index (χ4v) is 3.62. The molecule has 4 rings (SSSR count). The number of piperazine rings is 1. The van der Waals surface area contributed by atoms with E-state index in [1.54, 1.807) is 6.92 Å². The minimum atomic E-state index is -0.493. The number of para-hydroxylation sites is 1. The van der Waals surface area contributed by atoms with Crippen molar-refractivity contribution >= 4 is 40.0 Å². The molecule has 0 spiro atoms. The molecule has 144 valence electrons. The molecule has 1 aliphatic heterocycles. The van der Waals surface area contributed by atoms with Crippen molar-refractivity contribution in [3.05, 3.63) is 59.4 Å². The predicted molar refractivity (Wildman–Crippen MR) is 111 cm³/mol. The van der Waals surface area contributed by atoms with Crippen LogP contribution in [0, 0.1) is 0 Å². The highest BCUT2D eigenvalue weighted by Gasteiger charge is 2.23. The maximum absolute atomic E-state index is 12.2. The monoisotopic (exact) mass is 396 g/mol. The van der Waals surface area contributed by atoms with Crippen LogP contribution in [0.1, 0.15) is 17.5 Å². The Hall–Kier alpha value is -2.86. The molecule has 6 nitrogen and oxygen atoms in total. The predicted octanol–water partition coefficient (Wildman–Crippen LogP) is 3.79. The number of esters is 1. The Morgan fingerprint density at radius 1 is 1.04 bits per heavy atom. The highest BCUT2D eigenvalue weighted by atomic mass is 35.5. The summed E-state index contributed by atoms with van der Waals surface area (Å²) in [4.78, 5) is 25.7. The van der Waals surface area contributed by atoms with Gasteiger partial charge in [-0.25, -0.2) is 14.8 Å². The lowest BCUT2D eigenvalue weighted by Crippen LogP contribution is -2.47. The molecule has 0 radical (unpaired) electrons. The van der Waals surface area contributed by atoms with Gasteiger partial charge in [0.1, 0.15) is 5.82 Å². The number of nitrogens with zero attached hydrogens (tertiary/aromatic N) is 4. The molecule has 1 fully saturated rings. The quantitative estimate of drug-likeness (QED) is 0.625. The molecular weight excluding hydrogens is 376 g/mol. The van der Waals surface area contributed by atoms with Crippen LogP contribution >= 0.6 is 11.6 Å². The van der Waals surface area contributed by atoms with Gasteiger partial charge in [0.15, 0.2) is 0 Å². The van der Waals surface area contributed by atoms with Crippen LogP contribution in [0.5, 0.6) is 0 Å². The second-order valence-electron chi connectivity index (χ2n) is 6.56. The molecule has 2 aromatic carbocycles. The van der Waals surface area contributed by atoms with Gasteiger partial charge in [0.25, 0.3) is 0 Å². The summed E-state index contributed by atoms with van der Waals surface area (Å²) in [6, 6.07) is 15.6. The maximum atomic E-state index is 12.2. The Bertz CT molecular complexity index is 1000. The first-order valence-electron chi connectivity index (χ1n) is 9.35. The van der Waals surface area contributed by atoms with Crippen molar-refractivity contribution in [3.63, 3.8) is 0 Å². The maximum Gasteiger partial charge on any atom is 0.376 e. The molecule has 0 atom stereocenters. The third-order valence-corrected chi connectivity index (χ3v) is 5.03. The van der Waals surface area contributed by atoms with Crippen LogP contribution < -0.4 is 9.80 Å². The van der Waals surface area contributed by atoms with Gasteiger partial charge in [0.05, 0.1) is 12.1 Å². The Balaban J connectivity index is 1.61. The number of fused-ring (bicyclic) bond motifs is 1. The van der Waals surface area contributed by atoms with Crippen LogP contribution in [0.15, 0.2) is 48.5 Å². The number of benzene rings is 2. The second-order valence-corrected chi connectivity index (χ2v) is 7.00. The van der Waals surface area contributed by atoms with Crippen molar-refractivity contribution in [2.24, 2.45) is 0 Å². The van der Waals surface area contributed by atoms with Gasteiger partial charge >= 0.3 is 5.97 Å². The van der Waals surface area contributed by atoms with Gasteiger partial charge in [-0.05, 0) is 37.3 Å². The van der Waals surface area contributed by atoms with Gasteiger partial charge in [-0.3, -0.25) is 0 Å². The van der Waals surface area contributed by atoms with E-state index < -0.39 is 5.97 Å².